The van der Waals surface area contributed by atoms with Crippen LogP contribution in [0.3, 0.4) is 0 Å². The average molecular weight is 363 g/mol. The molecule has 26 heavy (non-hydrogen) atoms. The molecule has 0 saturated carbocycles. The van der Waals surface area contributed by atoms with E-state index in [1.807, 2.05) is 0 Å². The fraction of sp³-hybridized carbons (Fsp3) is 0.222. The first-order chi connectivity index (χ1) is 12.5. The highest BCUT2D eigenvalue weighted by Gasteiger charge is 2.18. The lowest BCUT2D eigenvalue weighted by atomic mass is 10.2. The quantitative estimate of drug-likeness (QED) is 0.762. The number of rotatable bonds is 7. The fourth-order valence-electron chi connectivity index (χ4n) is 2.18. The molecule has 1 amide bonds. The molecule has 0 radical (unpaired) electrons. The number of methoxy groups -OCH3 is 3. The lowest BCUT2D eigenvalue weighted by molar-refractivity contribution is -0.119. The Labute approximate surface area is 149 Å². The van der Waals surface area contributed by atoms with Crippen LogP contribution < -0.4 is 19.5 Å². The number of halogens is 1. The van der Waals surface area contributed by atoms with E-state index in [4.69, 9.17) is 18.9 Å². The summed E-state index contributed by atoms with van der Waals surface area (Å²) in [5.41, 5.74) is 0.386. The summed E-state index contributed by atoms with van der Waals surface area (Å²) in [7, 11) is 4.27. The predicted molar refractivity (Wildman–Crippen MR) is 91.4 cm³/mol. The smallest absolute Gasteiger partial charge is 0.338 e. The zero-order chi connectivity index (χ0) is 19.1. The van der Waals surface area contributed by atoms with Gasteiger partial charge in [0.25, 0.3) is 5.91 Å². The van der Waals surface area contributed by atoms with E-state index in [1.165, 1.54) is 51.7 Å². The third-order valence-corrected chi connectivity index (χ3v) is 3.34. The molecule has 0 heterocycles. The Kier molecular flexibility index (Phi) is 6.37. The molecule has 0 fully saturated rings. The first kappa shape index (κ1) is 19.0. The fourth-order valence-corrected chi connectivity index (χ4v) is 2.18. The summed E-state index contributed by atoms with van der Waals surface area (Å²) in [6.07, 6.45) is 0. The zero-order valence-corrected chi connectivity index (χ0v) is 14.5. The second kappa shape index (κ2) is 8.70. The molecular weight excluding hydrogens is 345 g/mol. The van der Waals surface area contributed by atoms with Crippen molar-refractivity contribution >= 4 is 17.6 Å². The standard InChI is InChI=1S/C18H18FNO6/c1-23-14-7-11(8-15(24-2)17(14)25-3)18(22)26-10-16(21)20-13-6-4-5-12(19)9-13/h4-9H,10H2,1-3H3,(H,20,21). The Bertz CT molecular complexity index is 783. The third kappa shape index (κ3) is 4.62. The molecule has 8 heteroatoms. The summed E-state index contributed by atoms with van der Waals surface area (Å²) in [4.78, 5) is 24.0. The normalized spacial score (nSPS) is 10.0. The monoisotopic (exact) mass is 363 g/mol. The van der Waals surface area contributed by atoms with Crippen molar-refractivity contribution in [2.45, 2.75) is 0 Å². The van der Waals surface area contributed by atoms with Crippen LogP contribution in [0.2, 0.25) is 0 Å². The Balaban J connectivity index is 2.04. The number of esters is 1. The van der Waals surface area contributed by atoms with Gasteiger partial charge in [-0.2, -0.15) is 0 Å². The molecule has 138 valence electrons. The SMILES string of the molecule is COc1cc(C(=O)OCC(=O)Nc2cccc(F)c2)cc(OC)c1OC. The van der Waals surface area contributed by atoms with Crippen LogP contribution in [0.15, 0.2) is 36.4 Å². The molecular formula is C18H18FNO6. The van der Waals surface area contributed by atoms with Gasteiger partial charge in [-0.05, 0) is 30.3 Å². The second-order valence-electron chi connectivity index (χ2n) is 5.05. The molecule has 0 spiro atoms. The highest BCUT2D eigenvalue weighted by Crippen LogP contribution is 2.38. The molecule has 0 unspecified atom stereocenters. The maximum absolute atomic E-state index is 13.1. The maximum atomic E-state index is 13.1. The van der Waals surface area contributed by atoms with Crippen molar-refractivity contribution in [1.29, 1.82) is 0 Å². The van der Waals surface area contributed by atoms with Crippen LogP contribution >= 0.6 is 0 Å². The first-order valence-corrected chi connectivity index (χ1v) is 7.51. The van der Waals surface area contributed by atoms with E-state index in [0.717, 1.165) is 6.07 Å². The van der Waals surface area contributed by atoms with Crippen LogP contribution in [0.1, 0.15) is 10.4 Å². The van der Waals surface area contributed by atoms with Gasteiger partial charge in [-0.15, -0.1) is 0 Å². The van der Waals surface area contributed by atoms with Crippen molar-refractivity contribution < 1.29 is 32.9 Å². The minimum atomic E-state index is -0.751. The molecule has 0 aromatic heterocycles. The van der Waals surface area contributed by atoms with Crippen molar-refractivity contribution in [2.75, 3.05) is 33.3 Å². The van der Waals surface area contributed by atoms with Gasteiger partial charge in [-0.3, -0.25) is 4.79 Å². The number of amides is 1. The van der Waals surface area contributed by atoms with Gasteiger partial charge >= 0.3 is 5.97 Å². The minimum Gasteiger partial charge on any atom is -0.493 e. The summed E-state index contributed by atoms with van der Waals surface area (Å²) in [5, 5.41) is 2.43. The van der Waals surface area contributed by atoms with Crippen molar-refractivity contribution in [3.8, 4) is 17.2 Å². The molecule has 0 aliphatic carbocycles. The Morgan fingerprint density at radius 3 is 2.19 bits per heavy atom. The first-order valence-electron chi connectivity index (χ1n) is 7.51. The number of carbonyl (C=O) groups is 2. The summed E-state index contributed by atoms with van der Waals surface area (Å²) in [5.74, 6) is -0.950. The lowest BCUT2D eigenvalue weighted by Crippen LogP contribution is -2.21. The molecule has 0 bridgehead atoms. The molecule has 1 N–H and O–H groups in total. The topological polar surface area (TPSA) is 83.1 Å². The van der Waals surface area contributed by atoms with Crippen LogP contribution in [0.5, 0.6) is 17.2 Å². The Morgan fingerprint density at radius 1 is 1.00 bits per heavy atom. The molecule has 7 nitrogen and oxygen atoms in total. The number of hydrogen-bond donors (Lipinski definition) is 1. The second-order valence-corrected chi connectivity index (χ2v) is 5.05. The largest absolute Gasteiger partial charge is 0.493 e. The number of ether oxygens (including phenoxy) is 4. The number of hydrogen-bond acceptors (Lipinski definition) is 6. The average Bonchev–Trinajstić information content (AvgIpc) is 2.64. The molecule has 0 aliphatic heterocycles. The van der Waals surface area contributed by atoms with E-state index in [2.05, 4.69) is 5.32 Å². The molecule has 2 rings (SSSR count). The van der Waals surface area contributed by atoms with Gasteiger partial charge in [-0.25, -0.2) is 9.18 Å². The third-order valence-electron chi connectivity index (χ3n) is 3.34. The summed E-state index contributed by atoms with van der Waals surface area (Å²) >= 11 is 0. The number of carbonyl (C=O) groups excluding carboxylic acids is 2. The van der Waals surface area contributed by atoms with E-state index in [9.17, 15) is 14.0 Å². The van der Waals surface area contributed by atoms with Crippen molar-refractivity contribution in [3.63, 3.8) is 0 Å². The lowest BCUT2D eigenvalue weighted by Gasteiger charge is -2.13. The van der Waals surface area contributed by atoms with Crippen molar-refractivity contribution in [1.82, 2.24) is 0 Å². The summed E-state index contributed by atoms with van der Waals surface area (Å²) < 4.78 is 33.5. The molecule has 0 atom stereocenters. The Hall–Kier alpha value is -3.29. The van der Waals surface area contributed by atoms with E-state index < -0.39 is 24.3 Å². The minimum absolute atomic E-state index is 0.123. The van der Waals surface area contributed by atoms with Crippen molar-refractivity contribution in [3.05, 3.63) is 47.8 Å². The van der Waals surface area contributed by atoms with Crippen LogP contribution in [-0.4, -0.2) is 39.8 Å². The number of anilines is 1. The highest BCUT2D eigenvalue weighted by molar-refractivity contribution is 5.96. The molecule has 2 aromatic rings. The van der Waals surface area contributed by atoms with Crippen molar-refractivity contribution in [2.24, 2.45) is 0 Å². The summed E-state index contributed by atoms with van der Waals surface area (Å²) in [6, 6.07) is 8.19. The van der Waals surface area contributed by atoms with E-state index in [1.54, 1.807) is 0 Å². The van der Waals surface area contributed by atoms with Crippen LogP contribution in [0.4, 0.5) is 10.1 Å². The van der Waals surface area contributed by atoms with Gasteiger partial charge in [0.15, 0.2) is 18.1 Å². The zero-order valence-electron chi connectivity index (χ0n) is 14.5. The van der Waals surface area contributed by atoms with E-state index >= 15 is 0 Å². The Morgan fingerprint density at radius 2 is 1.65 bits per heavy atom. The van der Waals surface area contributed by atoms with Gasteiger partial charge in [0.2, 0.25) is 5.75 Å². The van der Waals surface area contributed by atoms with Gasteiger partial charge in [0.1, 0.15) is 5.82 Å². The van der Waals surface area contributed by atoms with E-state index in [-0.39, 0.29) is 22.7 Å². The maximum Gasteiger partial charge on any atom is 0.338 e. The number of benzene rings is 2. The van der Waals surface area contributed by atoms with Gasteiger partial charge in [0.05, 0.1) is 26.9 Å². The molecule has 0 saturated heterocycles. The van der Waals surface area contributed by atoms with Crippen LogP contribution in [0, 0.1) is 5.82 Å². The predicted octanol–water partition coefficient (Wildman–Crippen LogP) is 2.65. The van der Waals surface area contributed by atoms with Gasteiger partial charge < -0.3 is 24.3 Å². The molecule has 2 aromatic carbocycles. The highest BCUT2D eigenvalue weighted by atomic mass is 19.1. The van der Waals surface area contributed by atoms with E-state index in [0.29, 0.717) is 5.75 Å². The molecule has 0 aliphatic rings. The summed E-state index contributed by atoms with van der Waals surface area (Å²) in [6.45, 7) is -0.536. The van der Waals surface area contributed by atoms with Crippen LogP contribution in [-0.2, 0) is 9.53 Å². The van der Waals surface area contributed by atoms with Gasteiger partial charge in [0, 0.05) is 5.69 Å². The van der Waals surface area contributed by atoms with Crippen LogP contribution in [0.25, 0.3) is 0 Å². The number of nitrogens with one attached hydrogen (secondary N) is 1. The van der Waals surface area contributed by atoms with Gasteiger partial charge in [-0.1, -0.05) is 6.07 Å².